The second-order valence-electron chi connectivity index (χ2n) is 7.36. The van der Waals surface area contributed by atoms with Gasteiger partial charge in [-0.1, -0.05) is 61.2 Å². The Hall–Kier alpha value is -3.32. The average Bonchev–Trinajstić information content (AvgIpc) is 2.84. The maximum atomic E-state index is 13.1. The fraction of sp³-hybridized carbons (Fsp3) is 0.231. The van der Waals surface area contributed by atoms with E-state index in [0.29, 0.717) is 23.1 Å². The van der Waals surface area contributed by atoms with Gasteiger partial charge >= 0.3 is 0 Å². The first-order chi connectivity index (χ1) is 15.4. The summed E-state index contributed by atoms with van der Waals surface area (Å²) in [4.78, 5) is 24.9. The number of aliphatic hydroxyl groups excluding tert-OH is 2. The molecule has 1 atom stereocenters. The molecule has 0 fully saturated rings. The second kappa shape index (κ2) is 9.87. The third-order valence-corrected chi connectivity index (χ3v) is 5.62. The molecule has 0 aromatic heterocycles. The largest absolute Gasteiger partial charge is 0.507 e. The number of carbonyl (C=O) groups excluding carboxylic acids is 2. The van der Waals surface area contributed by atoms with Crippen molar-refractivity contribution in [2.45, 2.75) is 24.7 Å². The molecule has 6 nitrogen and oxygen atoms in total. The number of hydrogen-bond acceptors (Lipinski definition) is 6. The summed E-state index contributed by atoms with van der Waals surface area (Å²) in [5.41, 5.74) is 2.19. The van der Waals surface area contributed by atoms with E-state index in [4.69, 9.17) is 9.47 Å². The van der Waals surface area contributed by atoms with Crippen molar-refractivity contribution in [2.24, 2.45) is 0 Å². The minimum Gasteiger partial charge on any atom is -0.507 e. The minimum absolute atomic E-state index is 0.0552. The van der Waals surface area contributed by atoms with E-state index in [1.807, 2.05) is 12.1 Å². The van der Waals surface area contributed by atoms with Crippen LogP contribution in [0, 0.1) is 0 Å². The van der Waals surface area contributed by atoms with E-state index in [1.165, 1.54) is 26.4 Å². The van der Waals surface area contributed by atoms with Gasteiger partial charge in [-0.05, 0) is 29.7 Å². The number of hydrogen-bond donors (Lipinski definition) is 2. The van der Waals surface area contributed by atoms with Gasteiger partial charge in [0.25, 0.3) is 0 Å². The van der Waals surface area contributed by atoms with E-state index >= 15 is 0 Å². The van der Waals surface area contributed by atoms with E-state index in [-0.39, 0.29) is 23.5 Å². The quantitative estimate of drug-likeness (QED) is 0.374. The molecule has 1 aliphatic carbocycles. The highest BCUT2D eigenvalue weighted by Crippen LogP contribution is 2.42. The smallest absolute Gasteiger partial charge is 0.229 e. The molecule has 32 heavy (non-hydrogen) atoms. The number of rotatable bonds is 8. The average molecular weight is 434 g/mol. The van der Waals surface area contributed by atoms with Crippen LogP contribution < -0.4 is 0 Å². The summed E-state index contributed by atoms with van der Waals surface area (Å²) in [6, 6.07) is 15.9. The van der Waals surface area contributed by atoms with E-state index in [9.17, 15) is 19.8 Å². The molecule has 6 heteroatoms. The van der Waals surface area contributed by atoms with E-state index < -0.39 is 17.7 Å². The Morgan fingerprint density at radius 1 is 1.09 bits per heavy atom. The lowest BCUT2D eigenvalue weighted by atomic mass is 9.79. The lowest BCUT2D eigenvalue weighted by molar-refractivity contribution is -0.216. The first-order valence-corrected chi connectivity index (χ1v) is 10.2. The number of aryl methyl sites for hydroxylation is 1. The summed E-state index contributed by atoms with van der Waals surface area (Å²) >= 11 is 0. The molecule has 3 rings (SSSR count). The lowest BCUT2D eigenvalue weighted by Gasteiger charge is -2.40. The Labute approximate surface area is 187 Å². The molecule has 0 radical (unpaired) electrons. The molecule has 0 bridgehead atoms. The maximum absolute atomic E-state index is 13.1. The molecule has 0 heterocycles. The molecule has 0 aliphatic heterocycles. The molecule has 2 aromatic carbocycles. The molecule has 0 amide bonds. The number of Topliss-reactive ketones (excluding diaryl/α,β-unsaturated/α-hetero) is 1. The zero-order valence-electron chi connectivity index (χ0n) is 18.1. The van der Waals surface area contributed by atoms with Gasteiger partial charge in [0.15, 0.2) is 11.9 Å². The zero-order chi connectivity index (χ0) is 23.3. The minimum atomic E-state index is -1.78. The molecule has 2 aromatic rings. The summed E-state index contributed by atoms with van der Waals surface area (Å²) in [7, 11) is 2.67. The van der Waals surface area contributed by atoms with Crippen LogP contribution in [0.3, 0.4) is 0 Å². The van der Waals surface area contributed by atoms with Crippen LogP contribution >= 0.6 is 0 Å². The number of methoxy groups -OCH3 is 2. The standard InChI is InChI=1S/C26H26O6/c1-4-19(27)15-14-17-10-8-9-13-20(17)22-16-21(23(28)18-11-6-5-7-12-18)24(29)25(30)26(22,31-2)32-3/h4-13,16,25,28,30H,1,14-15H2,2-3H3. The van der Waals surface area contributed by atoms with Crippen LogP contribution in [0.25, 0.3) is 11.3 Å². The van der Waals surface area contributed by atoms with Gasteiger partial charge in [-0.25, -0.2) is 0 Å². The zero-order valence-corrected chi connectivity index (χ0v) is 18.1. The lowest BCUT2D eigenvalue weighted by Crippen LogP contribution is -2.53. The highest BCUT2D eigenvalue weighted by Gasteiger charge is 2.51. The van der Waals surface area contributed by atoms with Gasteiger partial charge in [0.05, 0.1) is 5.57 Å². The molecule has 0 saturated carbocycles. The molecule has 1 aliphatic rings. The van der Waals surface area contributed by atoms with E-state index in [1.54, 1.807) is 42.5 Å². The molecule has 166 valence electrons. The monoisotopic (exact) mass is 434 g/mol. The molecule has 1 unspecified atom stereocenters. The summed E-state index contributed by atoms with van der Waals surface area (Å²) < 4.78 is 11.1. The van der Waals surface area contributed by atoms with Crippen molar-refractivity contribution in [2.75, 3.05) is 14.2 Å². The highest BCUT2D eigenvalue weighted by molar-refractivity contribution is 6.12. The van der Waals surface area contributed by atoms with Gasteiger partial charge < -0.3 is 19.7 Å². The number of carbonyl (C=O) groups is 2. The molecule has 0 spiro atoms. The van der Waals surface area contributed by atoms with Crippen molar-refractivity contribution < 1.29 is 29.3 Å². The molecule has 2 N–H and O–H groups in total. The third kappa shape index (κ3) is 4.21. The summed E-state index contributed by atoms with van der Waals surface area (Å²) in [5, 5.41) is 21.8. The topological polar surface area (TPSA) is 93.1 Å². The van der Waals surface area contributed by atoms with Crippen molar-refractivity contribution in [3.05, 3.63) is 95.6 Å². The van der Waals surface area contributed by atoms with Crippen LogP contribution in [0.15, 0.2) is 78.9 Å². The predicted octanol–water partition coefficient (Wildman–Crippen LogP) is 3.66. The number of ether oxygens (including phenoxy) is 2. The van der Waals surface area contributed by atoms with Gasteiger partial charge in [0, 0.05) is 31.8 Å². The van der Waals surface area contributed by atoms with Crippen molar-refractivity contribution in [1.29, 1.82) is 0 Å². The Bertz CT molecular complexity index is 1080. The predicted molar refractivity (Wildman–Crippen MR) is 122 cm³/mol. The second-order valence-corrected chi connectivity index (χ2v) is 7.36. The Morgan fingerprint density at radius 3 is 2.34 bits per heavy atom. The molecular weight excluding hydrogens is 408 g/mol. The van der Waals surface area contributed by atoms with Gasteiger partial charge in [-0.15, -0.1) is 0 Å². The van der Waals surface area contributed by atoms with Crippen LogP contribution in [-0.4, -0.2) is 47.9 Å². The first-order valence-electron chi connectivity index (χ1n) is 10.2. The molecular formula is C26H26O6. The highest BCUT2D eigenvalue weighted by atomic mass is 16.7. The van der Waals surface area contributed by atoms with Crippen molar-refractivity contribution in [3.63, 3.8) is 0 Å². The van der Waals surface area contributed by atoms with E-state index in [2.05, 4.69) is 6.58 Å². The van der Waals surface area contributed by atoms with Gasteiger partial charge in [0.2, 0.25) is 11.6 Å². The van der Waals surface area contributed by atoms with E-state index in [0.717, 1.165) is 5.56 Å². The number of allylic oxidation sites excluding steroid dienone is 2. The van der Waals surface area contributed by atoms with Gasteiger partial charge in [-0.3, -0.25) is 9.59 Å². The van der Waals surface area contributed by atoms with Crippen LogP contribution in [-0.2, 0) is 25.5 Å². The van der Waals surface area contributed by atoms with Gasteiger partial charge in [-0.2, -0.15) is 0 Å². The fourth-order valence-electron chi connectivity index (χ4n) is 3.87. The van der Waals surface area contributed by atoms with Crippen LogP contribution in [0.2, 0.25) is 0 Å². The summed E-state index contributed by atoms with van der Waals surface area (Å²) in [5.74, 6) is -2.86. The van der Waals surface area contributed by atoms with Crippen LogP contribution in [0.1, 0.15) is 23.1 Å². The SMILES string of the molecule is C=CC(=O)CCc1ccccc1C1=CC(=C(O)c2ccccc2)C(=O)C(O)C1(OC)OC. The Balaban J connectivity index is 2.24. The third-order valence-electron chi connectivity index (χ3n) is 5.62. The van der Waals surface area contributed by atoms with Crippen molar-refractivity contribution in [1.82, 2.24) is 0 Å². The summed E-state index contributed by atoms with van der Waals surface area (Å²) in [6.45, 7) is 3.51. The number of ketones is 2. The molecule has 0 saturated heterocycles. The van der Waals surface area contributed by atoms with Crippen LogP contribution in [0.4, 0.5) is 0 Å². The van der Waals surface area contributed by atoms with Crippen molar-refractivity contribution >= 4 is 22.9 Å². The number of aliphatic hydroxyl groups is 2. The van der Waals surface area contributed by atoms with Gasteiger partial charge in [0.1, 0.15) is 5.76 Å². The Kier molecular flexibility index (Phi) is 7.20. The van der Waals surface area contributed by atoms with Crippen molar-refractivity contribution in [3.8, 4) is 0 Å². The fourth-order valence-corrected chi connectivity index (χ4v) is 3.87. The number of benzene rings is 2. The normalized spacial score (nSPS) is 19.3. The summed E-state index contributed by atoms with van der Waals surface area (Å²) in [6.07, 6.45) is 1.70. The van der Waals surface area contributed by atoms with Crippen LogP contribution in [0.5, 0.6) is 0 Å². The Morgan fingerprint density at radius 2 is 1.72 bits per heavy atom. The maximum Gasteiger partial charge on any atom is 0.229 e. The first kappa shape index (κ1) is 23.3.